The molecule has 3 aromatic rings. The average Bonchev–Trinajstić information content (AvgIpc) is 3.15. The fourth-order valence-electron chi connectivity index (χ4n) is 3.52. The monoisotopic (exact) mass is 364 g/mol. The molecule has 1 aliphatic rings. The van der Waals surface area contributed by atoms with Crippen LogP contribution in [0.2, 0.25) is 0 Å². The number of hydrogen-bond donors (Lipinski definition) is 2. The van der Waals surface area contributed by atoms with E-state index in [2.05, 4.69) is 43.6 Å². The Labute approximate surface area is 158 Å². The highest BCUT2D eigenvalue weighted by Gasteiger charge is 2.22. The van der Waals surface area contributed by atoms with Gasteiger partial charge in [-0.25, -0.2) is 4.98 Å². The minimum absolute atomic E-state index is 0.125. The highest BCUT2D eigenvalue weighted by atomic mass is 16.1. The van der Waals surface area contributed by atoms with Crippen LogP contribution in [0.15, 0.2) is 59.9 Å². The quantitative estimate of drug-likeness (QED) is 0.697. The van der Waals surface area contributed by atoms with Gasteiger partial charge in [-0.15, -0.1) is 0 Å². The summed E-state index contributed by atoms with van der Waals surface area (Å²) in [4.78, 5) is 21.0. The van der Waals surface area contributed by atoms with E-state index in [0.29, 0.717) is 11.9 Å². The van der Waals surface area contributed by atoms with Gasteiger partial charge in [0.15, 0.2) is 5.82 Å². The van der Waals surface area contributed by atoms with Crippen molar-refractivity contribution in [1.29, 1.82) is 0 Å². The van der Waals surface area contributed by atoms with Crippen molar-refractivity contribution in [1.82, 2.24) is 25.1 Å². The van der Waals surface area contributed by atoms with Crippen LogP contribution in [0.25, 0.3) is 0 Å². The van der Waals surface area contributed by atoms with Crippen molar-refractivity contribution in [3.63, 3.8) is 0 Å². The molecule has 0 unspecified atom stereocenters. The fraction of sp³-hybridized carbons (Fsp3) is 0.350. The van der Waals surface area contributed by atoms with Gasteiger partial charge >= 0.3 is 0 Å². The van der Waals surface area contributed by atoms with E-state index in [0.717, 1.165) is 39.0 Å². The van der Waals surface area contributed by atoms with Crippen molar-refractivity contribution in [3.05, 3.63) is 76.6 Å². The third-order valence-corrected chi connectivity index (χ3v) is 4.88. The van der Waals surface area contributed by atoms with Crippen LogP contribution in [0.4, 0.5) is 5.82 Å². The predicted molar refractivity (Wildman–Crippen MR) is 105 cm³/mol. The van der Waals surface area contributed by atoms with Gasteiger partial charge in [0.1, 0.15) is 0 Å². The van der Waals surface area contributed by atoms with Crippen LogP contribution in [0.1, 0.15) is 24.0 Å². The molecule has 1 aliphatic heterocycles. The van der Waals surface area contributed by atoms with Gasteiger partial charge < -0.3 is 15.2 Å². The molecule has 7 nitrogen and oxygen atoms in total. The summed E-state index contributed by atoms with van der Waals surface area (Å²) in [5.74, 6) is 0.514. The summed E-state index contributed by atoms with van der Waals surface area (Å²) in [5, 5.41) is 8.06. The number of piperidine rings is 1. The lowest BCUT2D eigenvalue weighted by atomic mass is 10.1. The van der Waals surface area contributed by atoms with E-state index >= 15 is 0 Å². The Hall–Kier alpha value is -2.93. The molecule has 0 bridgehead atoms. The Morgan fingerprint density at radius 1 is 1.22 bits per heavy atom. The van der Waals surface area contributed by atoms with Gasteiger partial charge in [0.05, 0.1) is 12.7 Å². The molecule has 140 valence electrons. The number of rotatable bonds is 6. The number of nitrogens with one attached hydrogen (secondary N) is 2. The Morgan fingerprint density at radius 2 is 2.11 bits per heavy atom. The van der Waals surface area contributed by atoms with Crippen molar-refractivity contribution in [2.45, 2.75) is 32.0 Å². The van der Waals surface area contributed by atoms with Crippen molar-refractivity contribution in [2.75, 3.05) is 18.0 Å². The summed E-state index contributed by atoms with van der Waals surface area (Å²) in [6.07, 6.45) is 9.35. The van der Waals surface area contributed by atoms with Crippen LogP contribution in [-0.4, -0.2) is 38.9 Å². The highest BCUT2D eigenvalue weighted by Crippen LogP contribution is 2.15. The maximum absolute atomic E-state index is 12.0. The first-order valence-corrected chi connectivity index (χ1v) is 9.35. The van der Waals surface area contributed by atoms with Gasteiger partial charge in [0.2, 0.25) is 0 Å². The zero-order valence-corrected chi connectivity index (χ0v) is 15.2. The van der Waals surface area contributed by atoms with E-state index in [1.165, 1.54) is 11.1 Å². The SMILES string of the molecule is O=c1[nH]ccnc1N1CCC[C@@H](NCc2cnn(Cc3ccccc3)c2)C1. The lowest BCUT2D eigenvalue weighted by Crippen LogP contribution is -2.47. The minimum atomic E-state index is -0.125. The molecule has 0 aliphatic carbocycles. The van der Waals surface area contributed by atoms with Crippen molar-refractivity contribution < 1.29 is 0 Å². The van der Waals surface area contributed by atoms with Gasteiger partial charge in [-0.3, -0.25) is 9.48 Å². The molecule has 0 amide bonds. The number of aromatic amines is 1. The third kappa shape index (κ3) is 4.43. The number of benzene rings is 1. The normalized spacial score (nSPS) is 17.2. The van der Waals surface area contributed by atoms with Crippen LogP contribution in [-0.2, 0) is 13.1 Å². The van der Waals surface area contributed by atoms with Crippen LogP contribution < -0.4 is 15.8 Å². The molecule has 27 heavy (non-hydrogen) atoms. The molecule has 2 aromatic heterocycles. The molecule has 1 aromatic carbocycles. The molecule has 0 radical (unpaired) electrons. The maximum Gasteiger partial charge on any atom is 0.290 e. The van der Waals surface area contributed by atoms with Crippen LogP contribution in [0, 0.1) is 0 Å². The summed E-state index contributed by atoms with van der Waals surface area (Å²) < 4.78 is 1.97. The zero-order valence-electron chi connectivity index (χ0n) is 15.2. The Balaban J connectivity index is 1.32. The number of hydrogen-bond acceptors (Lipinski definition) is 5. The first-order valence-electron chi connectivity index (χ1n) is 9.35. The summed E-state index contributed by atoms with van der Waals surface area (Å²) in [7, 11) is 0. The van der Waals surface area contributed by atoms with Crippen LogP contribution in [0.3, 0.4) is 0 Å². The fourth-order valence-corrected chi connectivity index (χ4v) is 3.52. The van der Waals surface area contributed by atoms with Gasteiger partial charge in [0, 0.05) is 49.8 Å². The number of nitrogens with zero attached hydrogens (tertiary/aromatic N) is 4. The van der Waals surface area contributed by atoms with Gasteiger partial charge in [-0.05, 0) is 18.4 Å². The van der Waals surface area contributed by atoms with E-state index in [-0.39, 0.29) is 5.56 Å². The van der Waals surface area contributed by atoms with E-state index in [1.54, 1.807) is 12.4 Å². The van der Waals surface area contributed by atoms with Gasteiger partial charge in [-0.1, -0.05) is 30.3 Å². The Morgan fingerprint density at radius 3 is 2.96 bits per heavy atom. The first-order chi connectivity index (χ1) is 13.3. The second-order valence-corrected chi connectivity index (χ2v) is 6.94. The van der Waals surface area contributed by atoms with Crippen LogP contribution in [0.5, 0.6) is 0 Å². The third-order valence-electron chi connectivity index (χ3n) is 4.88. The minimum Gasteiger partial charge on any atom is -0.350 e. The number of anilines is 1. The van der Waals surface area contributed by atoms with E-state index in [1.807, 2.05) is 29.1 Å². The molecule has 4 rings (SSSR count). The summed E-state index contributed by atoms with van der Waals surface area (Å²) in [5.41, 5.74) is 2.28. The largest absolute Gasteiger partial charge is 0.350 e. The molecule has 1 atom stereocenters. The number of H-pyrrole nitrogens is 1. The molecular weight excluding hydrogens is 340 g/mol. The molecule has 7 heteroatoms. The zero-order chi connectivity index (χ0) is 18.5. The summed E-state index contributed by atoms with van der Waals surface area (Å²) in [6.45, 7) is 3.21. The smallest absolute Gasteiger partial charge is 0.290 e. The average molecular weight is 364 g/mol. The standard InChI is InChI=1S/C20H24N6O/c27-20-19(21-8-9-22-20)25-10-4-7-18(15-25)23-11-17-12-24-26(14-17)13-16-5-2-1-3-6-16/h1-3,5-6,8-9,12,14,18,23H,4,7,10-11,13,15H2,(H,22,27)/t18-/m1/s1. The molecule has 0 spiro atoms. The molecule has 2 N–H and O–H groups in total. The molecule has 1 fully saturated rings. The molecule has 3 heterocycles. The second kappa shape index (κ2) is 8.18. The van der Waals surface area contributed by atoms with Crippen LogP contribution >= 0.6 is 0 Å². The summed E-state index contributed by atoms with van der Waals surface area (Å²) >= 11 is 0. The highest BCUT2D eigenvalue weighted by molar-refractivity contribution is 5.36. The second-order valence-electron chi connectivity index (χ2n) is 6.94. The topological polar surface area (TPSA) is 78.8 Å². The van der Waals surface area contributed by atoms with E-state index in [4.69, 9.17) is 0 Å². The molecular formula is C20H24N6O. The summed E-state index contributed by atoms with van der Waals surface area (Å²) in [6, 6.07) is 10.7. The van der Waals surface area contributed by atoms with Gasteiger partial charge in [0.25, 0.3) is 5.56 Å². The maximum atomic E-state index is 12.0. The molecule has 1 saturated heterocycles. The van der Waals surface area contributed by atoms with E-state index < -0.39 is 0 Å². The number of aromatic nitrogens is 4. The lowest BCUT2D eigenvalue weighted by Gasteiger charge is -2.33. The predicted octanol–water partition coefficient (Wildman–Crippen LogP) is 1.77. The Bertz CT molecular complexity index is 919. The molecule has 0 saturated carbocycles. The first kappa shape index (κ1) is 17.5. The van der Waals surface area contributed by atoms with Gasteiger partial charge in [-0.2, -0.15) is 5.10 Å². The van der Waals surface area contributed by atoms with E-state index in [9.17, 15) is 4.79 Å². The van der Waals surface area contributed by atoms with Crippen molar-refractivity contribution in [3.8, 4) is 0 Å². The lowest BCUT2D eigenvalue weighted by molar-refractivity contribution is 0.419. The van der Waals surface area contributed by atoms with Crippen molar-refractivity contribution in [2.24, 2.45) is 0 Å². The Kier molecular flexibility index (Phi) is 5.29. The van der Waals surface area contributed by atoms with Crippen molar-refractivity contribution >= 4 is 5.82 Å².